The van der Waals surface area contributed by atoms with Gasteiger partial charge in [0.05, 0.1) is 24.8 Å². The van der Waals surface area contributed by atoms with Gasteiger partial charge in [0.25, 0.3) is 5.91 Å². The zero-order chi connectivity index (χ0) is 14.1. The SMILES string of the molecule is COCC1CN(C(=O)c2ccco2)Cc2cnn(C)c21. The van der Waals surface area contributed by atoms with E-state index in [0.29, 0.717) is 25.5 Å². The average Bonchev–Trinajstić information content (AvgIpc) is 3.08. The van der Waals surface area contributed by atoms with Crippen LogP contribution in [0.25, 0.3) is 0 Å². The monoisotopic (exact) mass is 275 g/mol. The van der Waals surface area contributed by atoms with E-state index in [0.717, 1.165) is 11.3 Å². The average molecular weight is 275 g/mol. The standard InChI is InChI=1S/C14H17N3O3/c1-16-13-10(6-15-16)7-17(8-11(13)9-19-2)14(18)12-4-3-5-20-12/h3-6,11H,7-9H2,1-2H3. The fourth-order valence-corrected chi connectivity index (χ4v) is 2.81. The molecule has 0 aliphatic carbocycles. The van der Waals surface area contributed by atoms with Gasteiger partial charge < -0.3 is 14.1 Å². The topological polar surface area (TPSA) is 60.5 Å². The molecule has 6 heteroatoms. The fourth-order valence-electron chi connectivity index (χ4n) is 2.81. The van der Waals surface area contributed by atoms with Crippen LogP contribution >= 0.6 is 0 Å². The number of methoxy groups -OCH3 is 1. The van der Waals surface area contributed by atoms with Crippen molar-refractivity contribution in [3.63, 3.8) is 0 Å². The summed E-state index contributed by atoms with van der Waals surface area (Å²) in [4.78, 5) is 14.2. The van der Waals surface area contributed by atoms with Crippen molar-refractivity contribution >= 4 is 5.91 Å². The molecule has 0 N–H and O–H groups in total. The highest BCUT2D eigenvalue weighted by atomic mass is 16.5. The minimum atomic E-state index is -0.0920. The van der Waals surface area contributed by atoms with Crippen LogP contribution < -0.4 is 0 Å². The van der Waals surface area contributed by atoms with Crippen LogP contribution in [-0.2, 0) is 18.3 Å². The van der Waals surface area contributed by atoms with E-state index < -0.39 is 0 Å². The van der Waals surface area contributed by atoms with Crippen LogP contribution in [0.3, 0.4) is 0 Å². The Labute approximate surface area is 116 Å². The molecule has 2 aromatic rings. The fraction of sp³-hybridized carbons (Fsp3) is 0.429. The zero-order valence-electron chi connectivity index (χ0n) is 11.6. The quantitative estimate of drug-likeness (QED) is 0.849. The van der Waals surface area contributed by atoms with Crippen molar-refractivity contribution in [3.05, 3.63) is 41.6 Å². The summed E-state index contributed by atoms with van der Waals surface area (Å²) in [5.41, 5.74) is 2.22. The number of nitrogens with zero attached hydrogens (tertiary/aromatic N) is 3. The number of ether oxygens (including phenoxy) is 1. The molecule has 0 saturated heterocycles. The number of hydrogen-bond donors (Lipinski definition) is 0. The van der Waals surface area contributed by atoms with Gasteiger partial charge in [-0.05, 0) is 12.1 Å². The van der Waals surface area contributed by atoms with Crippen molar-refractivity contribution in [1.29, 1.82) is 0 Å². The smallest absolute Gasteiger partial charge is 0.289 e. The molecule has 0 bridgehead atoms. The van der Waals surface area contributed by atoms with E-state index in [-0.39, 0.29) is 11.8 Å². The Hall–Kier alpha value is -2.08. The van der Waals surface area contributed by atoms with Crippen LogP contribution in [0.15, 0.2) is 29.0 Å². The molecular weight excluding hydrogens is 258 g/mol. The molecule has 2 aromatic heterocycles. The molecule has 1 atom stereocenters. The number of amides is 1. The van der Waals surface area contributed by atoms with Crippen LogP contribution in [0, 0.1) is 0 Å². The Morgan fingerprint density at radius 3 is 3.15 bits per heavy atom. The van der Waals surface area contributed by atoms with Gasteiger partial charge in [0, 0.05) is 38.7 Å². The second kappa shape index (κ2) is 5.13. The van der Waals surface area contributed by atoms with Crippen LogP contribution in [0.2, 0.25) is 0 Å². The predicted octanol–water partition coefficient (Wildman–Crippen LogP) is 1.40. The molecule has 1 unspecified atom stereocenters. The van der Waals surface area contributed by atoms with Gasteiger partial charge in [-0.15, -0.1) is 0 Å². The van der Waals surface area contributed by atoms with Crippen molar-refractivity contribution in [2.24, 2.45) is 7.05 Å². The highest BCUT2D eigenvalue weighted by Gasteiger charge is 2.32. The van der Waals surface area contributed by atoms with E-state index in [9.17, 15) is 4.79 Å². The van der Waals surface area contributed by atoms with E-state index in [4.69, 9.17) is 9.15 Å². The Kier molecular flexibility index (Phi) is 3.31. The molecule has 3 heterocycles. The molecule has 1 amide bonds. The first-order chi connectivity index (χ1) is 9.70. The number of furan rings is 1. The first-order valence-electron chi connectivity index (χ1n) is 6.53. The molecule has 1 aliphatic heterocycles. The normalized spacial score (nSPS) is 18.1. The molecule has 0 fully saturated rings. The summed E-state index contributed by atoms with van der Waals surface area (Å²) < 4.78 is 12.3. The van der Waals surface area contributed by atoms with Crippen LogP contribution in [0.5, 0.6) is 0 Å². The lowest BCUT2D eigenvalue weighted by molar-refractivity contribution is 0.0645. The second-order valence-electron chi connectivity index (χ2n) is 4.99. The molecule has 0 spiro atoms. The molecule has 20 heavy (non-hydrogen) atoms. The zero-order valence-corrected chi connectivity index (χ0v) is 11.6. The number of rotatable bonds is 3. The molecule has 1 aliphatic rings. The van der Waals surface area contributed by atoms with Crippen LogP contribution in [-0.4, -0.2) is 40.8 Å². The van der Waals surface area contributed by atoms with Gasteiger partial charge in [-0.25, -0.2) is 0 Å². The number of fused-ring (bicyclic) bond motifs is 1. The molecule has 0 aromatic carbocycles. The minimum absolute atomic E-state index is 0.0920. The Morgan fingerprint density at radius 1 is 1.60 bits per heavy atom. The third kappa shape index (κ3) is 2.12. The molecule has 0 radical (unpaired) electrons. The van der Waals surface area contributed by atoms with Crippen LogP contribution in [0.1, 0.15) is 27.7 Å². The first-order valence-corrected chi connectivity index (χ1v) is 6.53. The number of aryl methyl sites for hydroxylation is 1. The third-order valence-corrected chi connectivity index (χ3v) is 3.64. The summed E-state index contributed by atoms with van der Waals surface area (Å²) in [5, 5.41) is 4.29. The maximum absolute atomic E-state index is 12.4. The largest absolute Gasteiger partial charge is 0.459 e. The second-order valence-corrected chi connectivity index (χ2v) is 4.99. The summed E-state index contributed by atoms with van der Waals surface area (Å²) in [6, 6.07) is 3.41. The van der Waals surface area contributed by atoms with Gasteiger partial charge in [0.2, 0.25) is 0 Å². The van der Waals surface area contributed by atoms with Crippen molar-refractivity contribution in [3.8, 4) is 0 Å². The van der Waals surface area contributed by atoms with Crippen LogP contribution in [0.4, 0.5) is 0 Å². The van der Waals surface area contributed by atoms with Crippen molar-refractivity contribution in [2.45, 2.75) is 12.5 Å². The number of carbonyl (C=O) groups is 1. The summed E-state index contributed by atoms with van der Waals surface area (Å²) in [5.74, 6) is 0.411. The number of aromatic nitrogens is 2. The van der Waals surface area contributed by atoms with Crippen molar-refractivity contribution in [1.82, 2.24) is 14.7 Å². The van der Waals surface area contributed by atoms with Gasteiger partial charge in [0.15, 0.2) is 5.76 Å². The van der Waals surface area contributed by atoms with E-state index >= 15 is 0 Å². The van der Waals surface area contributed by atoms with Crippen molar-refractivity contribution in [2.75, 3.05) is 20.3 Å². The maximum Gasteiger partial charge on any atom is 0.289 e. The van der Waals surface area contributed by atoms with Gasteiger partial charge in [-0.1, -0.05) is 0 Å². The highest BCUT2D eigenvalue weighted by Crippen LogP contribution is 2.29. The van der Waals surface area contributed by atoms with Gasteiger partial charge in [-0.2, -0.15) is 5.10 Å². The predicted molar refractivity (Wildman–Crippen MR) is 71.3 cm³/mol. The highest BCUT2D eigenvalue weighted by molar-refractivity contribution is 5.91. The van der Waals surface area contributed by atoms with E-state index in [1.165, 1.54) is 6.26 Å². The molecule has 3 rings (SSSR count). The van der Waals surface area contributed by atoms with E-state index in [1.807, 2.05) is 17.9 Å². The minimum Gasteiger partial charge on any atom is -0.459 e. The summed E-state index contributed by atoms with van der Waals surface area (Å²) in [6.07, 6.45) is 3.33. The first kappa shape index (κ1) is 12.9. The Bertz CT molecular complexity index is 603. The number of carbonyl (C=O) groups excluding carboxylic acids is 1. The maximum atomic E-state index is 12.4. The van der Waals surface area contributed by atoms with Crippen molar-refractivity contribution < 1.29 is 13.9 Å². The van der Waals surface area contributed by atoms with Gasteiger partial charge in [-0.3, -0.25) is 9.48 Å². The molecule has 0 saturated carbocycles. The van der Waals surface area contributed by atoms with Gasteiger partial charge in [0.1, 0.15) is 0 Å². The lowest BCUT2D eigenvalue weighted by Crippen LogP contribution is -2.39. The Balaban J connectivity index is 1.88. The molecule has 106 valence electrons. The Morgan fingerprint density at radius 2 is 2.45 bits per heavy atom. The lowest BCUT2D eigenvalue weighted by atomic mass is 9.96. The molecule has 6 nitrogen and oxygen atoms in total. The van der Waals surface area contributed by atoms with E-state index in [2.05, 4.69) is 5.10 Å². The summed E-state index contributed by atoms with van der Waals surface area (Å²) in [6.45, 7) is 1.73. The summed E-state index contributed by atoms with van der Waals surface area (Å²) in [7, 11) is 3.59. The van der Waals surface area contributed by atoms with E-state index in [1.54, 1.807) is 24.1 Å². The third-order valence-electron chi connectivity index (χ3n) is 3.64. The lowest BCUT2D eigenvalue weighted by Gasteiger charge is -2.32. The molecular formula is C14H17N3O3. The summed E-state index contributed by atoms with van der Waals surface area (Å²) >= 11 is 0. The number of hydrogen-bond acceptors (Lipinski definition) is 4. The van der Waals surface area contributed by atoms with Gasteiger partial charge >= 0.3 is 0 Å².